The summed E-state index contributed by atoms with van der Waals surface area (Å²) in [6.07, 6.45) is 0.205. The minimum absolute atomic E-state index is 0.00103. The molecule has 0 saturated heterocycles. The number of carbonyl (C=O) groups excluding carboxylic acids is 1. The van der Waals surface area contributed by atoms with Gasteiger partial charge in [0.05, 0.1) is 6.04 Å². The minimum atomic E-state index is -0.886. The van der Waals surface area contributed by atoms with Gasteiger partial charge in [-0.05, 0) is 30.5 Å². The molecule has 0 aliphatic heterocycles. The van der Waals surface area contributed by atoms with Crippen molar-refractivity contribution in [3.8, 4) is 0 Å². The third kappa shape index (κ3) is 5.75. The molecule has 2 unspecified atom stereocenters. The first-order valence-corrected chi connectivity index (χ1v) is 6.53. The molecule has 19 heavy (non-hydrogen) atoms. The largest absolute Gasteiger partial charge is 0.481 e. The lowest BCUT2D eigenvalue weighted by atomic mass is 10.0. The van der Waals surface area contributed by atoms with E-state index in [2.05, 4.69) is 5.32 Å². The molecule has 0 heterocycles. The molecule has 0 aromatic heterocycles. The number of amides is 1. The topological polar surface area (TPSA) is 66.4 Å². The van der Waals surface area contributed by atoms with Crippen LogP contribution >= 0.6 is 11.6 Å². The van der Waals surface area contributed by atoms with Gasteiger partial charge in [-0.2, -0.15) is 0 Å². The molecule has 1 aromatic rings. The van der Waals surface area contributed by atoms with Crippen LogP contribution in [0.3, 0.4) is 0 Å². The molecule has 0 aliphatic rings. The van der Waals surface area contributed by atoms with Gasteiger partial charge >= 0.3 is 5.97 Å². The number of carboxylic acids is 1. The fraction of sp³-hybridized carbons (Fsp3) is 0.429. The molecule has 0 bridgehead atoms. The Labute approximate surface area is 117 Å². The van der Waals surface area contributed by atoms with E-state index in [1.54, 1.807) is 19.1 Å². The van der Waals surface area contributed by atoms with Crippen LogP contribution in [0.5, 0.6) is 0 Å². The highest BCUT2D eigenvalue weighted by Gasteiger charge is 2.15. The SMILES string of the molecule is CC(CC(=O)O)CC(=O)NC(C)c1cccc(Cl)c1. The lowest BCUT2D eigenvalue weighted by Gasteiger charge is -2.16. The molecule has 1 amide bonds. The number of carboxylic acid groups (broad SMARTS) is 1. The van der Waals surface area contributed by atoms with Crippen molar-refractivity contribution in [1.82, 2.24) is 5.32 Å². The van der Waals surface area contributed by atoms with Crippen LogP contribution in [0.15, 0.2) is 24.3 Å². The summed E-state index contributed by atoms with van der Waals surface area (Å²) < 4.78 is 0. The number of aliphatic carboxylic acids is 1. The molecular weight excluding hydrogens is 266 g/mol. The zero-order valence-corrected chi connectivity index (χ0v) is 11.8. The van der Waals surface area contributed by atoms with Gasteiger partial charge in [-0.25, -0.2) is 0 Å². The van der Waals surface area contributed by atoms with Gasteiger partial charge in [-0.15, -0.1) is 0 Å². The van der Waals surface area contributed by atoms with E-state index < -0.39 is 5.97 Å². The summed E-state index contributed by atoms with van der Waals surface area (Å²) >= 11 is 5.89. The van der Waals surface area contributed by atoms with Gasteiger partial charge in [0, 0.05) is 17.9 Å². The maximum atomic E-state index is 11.8. The normalized spacial score (nSPS) is 13.6. The Morgan fingerprint density at radius 2 is 2.00 bits per heavy atom. The van der Waals surface area contributed by atoms with Crippen molar-refractivity contribution in [2.45, 2.75) is 32.7 Å². The van der Waals surface area contributed by atoms with Crippen molar-refractivity contribution in [3.63, 3.8) is 0 Å². The molecule has 1 aromatic carbocycles. The lowest BCUT2D eigenvalue weighted by Crippen LogP contribution is -2.28. The summed E-state index contributed by atoms with van der Waals surface area (Å²) in [5.41, 5.74) is 0.923. The molecule has 0 saturated carbocycles. The van der Waals surface area contributed by atoms with Crippen LogP contribution in [0.4, 0.5) is 0 Å². The highest BCUT2D eigenvalue weighted by atomic mass is 35.5. The van der Waals surface area contributed by atoms with Gasteiger partial charge in [0.2, 0.25) is 5.91 Å². The summed E-state index contributed by atoms with van der Waals surface area (Å²) in [6.45, 7) is 3.61. The van der Waals surface area contributed by atoms with Crippen LogP contribution in [-0.4, -0.2) is 17.0 Å². The summed E-state index contributed by atoms with van der Waals surface area (Å²) in [5.74, 6) is -1.21. The second kappa shape index (κ2) is 7.14. The molecule has 2 N–H and O–H groups in total. The lowest BCUT2D eigenvalue weighted by molar-refractivity contribution is -0.138. The van der Waals surface area contributed by atoms with Crippen LogP contribution in [0, 0.1) is 5.92 Å². The summed E-state index contributed by atoms with van der Waals surface area (Å²) in [6, 6.07) is 7.13. The van der Waals surface area contributed by atoms with Gasteiger partial charge in [0.1, 0.15) is 0 Å². The molecule has 0 aliphatic carbocycles. The fourth-order valence-electron chi connectivity index (χ4n) is 1.85. The van der Waals surface area contributed by atoms with E-state index in [4.69, 9.17) is 16.7 Å². The fourth-order valence-corrected chi connectivity index (χ4v) is 2.05. The third-order valence-electron chi connectivity index (χ3n) is 2.78. The van der Waals surface area contributed by atoms with Gasteiger partial charge in [-0.1, -0.05) is 30.7 Å². The van der Waals surface area contributed by atoms with E-state index in [-0.39, 0.29) is 30.7 Å². The highest BCUT2D eigenvalue weighted by molar-refractivity contribution is 6.30. The van der Waals surface area contributed by atoms with Crippen LogP contribution in [-0.2, 0) is 9.59 Å². The van der Waals surface area contributed by atoms with E-state index in [0.717, 1.165) is 5.56 Å². The second-order valence-electron chi connectivity index (χ2n) is 4.75. The molecule has 4 nitrogen and oxygen atoms in total. The number of rotatable bonds is 6. The first-order valence-electron chi connectivity index (χ1n) is 6.15. The van der Waals surface area contributed by atoms with Crippen molar-refractivity contribution < 1.29 is 14.7 Å². The number of nitrogens with one attached hydrogen (secondary N) is 1. The summed E-state index contributed by atoms with van der Waals surface area (Å²) in [5, 5.41) is 12.1. The van der Waals surface area contributed by atoms with Crippen molar-refractivity contribution >= 4 is 23.5 Å². The number of hydrogen-bond donors (Lipinski definition) is 2. The smallest absolute Gasteiger partial charge is 0.303 e. The Hall–Kier alpha value is -1.55. The first kappa shape index (κ1) is 15.5. The Morgan fingerprint density at radius 3 is 2.58 bits per heavy atom. The Kier molecular flexibility index (Phi) is 5.83. The molecule has 104 valence electrons. The molecular formula is C14H18ClNO3. The number of benzene rings is 1. The minimum Gasteiger partial charge on any atom is -0.481 e. The van der Waals surface area contributed by atoms with Gasteiger partial charge in [0.15, 0.2) is 0 Å². The van der Waals surface area contributed by atoms with Crippen molar-refractivity contribution in [2.75, 3.05) is 0 Å². The van der Waals surface area contributed by atoms with Crippen LogP contribution in [0.2, 0.25) is 5.02 Å². The van der Waals surface area contributed by atoms with Crippen LogP contribution in [0.25, 0.3) is 0 Å². The van der Waals surface area contributed by atoms with E-state index in [0.29, 0.717) is 5.02 Å². The Bertz CT molecular complexity index is 462. The number of carbonyl (C=O) groups is 2. The van der Waals surface area contributed by atoms with Crippen molar-refractivity contribution in [2.24, 2.45) is 5.92 Å². The van der Waals surface area contributed by atoms with E-state index >= 15 is 0 Å². The molecule has 0 radical (unpaired) electrons. The van der Waals surface area contributed by atoms with Crippen LogP contribution in [0.1, 0.15) is 38.3 Å². The highest BCUT2D eigenvalue weighted by Crippen LogP contribution is 2.18. The first-order chi connectivity index (χ1) is 8.88. The van der Waals surface area contributed by atoms with E-state index in [9.17, 15) is 9.59 Å². The van der Waals surface area contributed by atoms with Gasteiger partial charge in [-0.3, -0.25) is 9.59 Å². The predicted molar refractivity (Wildman–Crippen MR) is 74.0 cm³/mol. The molecule has 5 heteroatoms. The number of hydrogen-bond acceptors (Lipinski definition) is 2. The second-order valence-corrected chi connectivity index (χ2v) is 5.19. The number of halogens is 1. The Balaban J connectivity index is 2.50. The van der Waals surface area contributed by atoms with Crippen molar-refractivity contribution in [1.29, 1.82) is 0 Å². The van der Waals surface area contributed by atoms with Gasteiger partial charge in [0.25, 0.3) is 0 Å². The maximum Gasteiger partial charge on any atom is 0.303 e. The zero-order chi connectivity index (χ0) is 14.4. The molecule has 1 rings (SSSR count). The molecule has 2 atom stereocenters. The van der Waals surface area contributed by atoms with Crippen molar-refractivity contribution in [3.05, 3.63) is 34.9 Å². The average Bonchev–Trinajstić information content (AvgIpc) is 2.27. The standard InChI is InChI=1S/C14H18ClNO3/c1-9(7-14(18)19)6-13(17)16-10(2)11-4-3-5-12(15)8-11/h3-5,8-10H,6-7H2,1-2H3,(H,16,17)(H,18,19). The molecule has 0 fully saturated rings. The van der Waals surface area contributed by atoms with Crippen LogP contribution < -0.4 is 5.32 Å². The van der Waals surface area contributed by atoms with Gasteiger partial charge < -0.3 is 10.4 Å². The zero-order valence-electron chi connectivity index (χ0n) is 11.0. The van der Waals surface area contributed by atoms with E-state index in [1.165, 1.54) is 0 Å². The average molecular weight is 284 g/mol. The maximum absolute atomic E-state index is 11.8. The third-order valence-corrected chi connectivity index (χ3v) is 3.02. The Morgan fingerprint density at radius 1 is 1.32 bits per heavy atom. The monoisotopic (exact) mass is 283 g/mol. The predicted octanol–water partition coefficient (Wildman–Crippen LogP) is 3.02. The molecule has 0 spiro atoms. The quantitative estimate of drug-likeness (QED) is 0.843. The van der Waals surface area contributed by atoms with E-state index in [1.807, 2.05) is 19.1 Å². The summed E-state index contributed by atoms with van der Waals surface area (Å²) in [7, 11) is 0. The summed E-state index contributed by atoms with van der Waals surface area (Å²) in [4.78, 5) is 22.3.